The molecule has 1 amide bonds. The van der Waals surface area contributed by atoms with Crippen molar-refractivity contribution in [2.24, 2.45) is 5.10 Å². The van der Waals surface area contributed by atoms with Gasteiger partial charge in [0.05, 0.1) is 25.7 Å². The normalized spacial score (nSPS) is 10.9. The number of nitrogens with zero attached hydrogens (tertiary/aromatic N) is 4. The van der Waals surface area contributed by atoms with E-state index in [1.165, 1.54) is 11.8 Å². The molecule has 0 aliphatic rings. The second-order valence-corrected chi connectivity index (χ2v) is 7.28. The minimum absolute atomic E-state index is 0.177. The summed E-state index contributed by atoms with van der Waals surface area (Å²) in [6.45, 7) is 5.19. The highest BCUT2D eigenvalue weighted by molar-refractivity contribution is 7.99. The Balaban J connectivity index is 1.57. The van der Waals surface area contributed by atoms with Crippen molar-refractivity contribution >= 4 is 23.9 Å². The van der Waals surface area contributed by atoms with Gasteiger partial charge in [-0.1, -0.05) is 42.1 Å². The van der Waals surface area contributed by atoms with Crippen LogP contribution in [0.2, 0.25) is 0 Å². The van der Waals surface area contributed by atoms with Crippen LogP contribution in [0.25, 0.3) is 11.4 Å². The largest absolute Gasteiger partial charge is 0.493 e. The molecule has 31 heavy (non-hydrogen) atoms. The van der Waals surface area contributed by atoms with Crippen LogP contribution < -0.4 is 14.9 Å². The number of hydrogen-bond donors (Lipinski definition) is 1. The van der Waals surface area contributed by atoms with Crippen molar-refractivity contribution in [2.75, 3.05) is 19.5 Å². The minimum Gasteiger partial charge on any atom is -0.493 e. The SMILES string of the molecule is CCOc1ccc(/C=N/NC(=O)CSc2nnc(-c3ccccc3)n2CC)cc1OC. The maximum atomic E-state index is 12.2. The summed E-state index contributed by atoms with van der Waals surface area (Å²) in [5.41, 5.74) is 4.31. The standard InChI is InChI=1S/C22H25N5O3S/c1-4-27-21(17-9-7-6-8-10-17)25-26-22(27)31-15-20(28)24-23-14-16-11-12-18(30-5-2)19(13-16)29-3/h6-14H,4-5,15H2,1-3H3,(H,24,28)/b23-14+. The Morgan fingerprint density at radius 2 is 1.97 bits per heavy atom. The van der Waals surface area contributed by atoms with Gasteiger partial charge in [-0.3, -0.25) is 4.79 Å². The van der Waals surface area contributed by atoms with Gasteiger partial charge in [0.2, 0.25) is 0 Å². The molecule has 0 atom stereocenters. The number of benzene rings is 2. The fourth-order valence-corrected chi connectivity index (χ4v) is 3.66. The fraction of sp³-hybridized carbons (Fsp3) is 0.273. The molecule has 0 unspecified atom stereocenters. The number of rotatable bonds is 10. The van der Waals surface area contributed by atoms with E-state index in [-0.39, 0.29) is 11.7 Å². The minimum atomic E-state index is -0.230. The molecule has 9 heteroatoms. The van der Waals surface area contributed by atoms with Gasteiger partial charge in [0.15, 0.2) is 22.5 Å². The van der Waals surface area contributed by atoms with Crippen molar-refractivity contribution in [3.63, 3.8) is 0 Å². The molecule has 1 heterocycles. The highest BCUT2D eigenvalue weighted by atomic mass is 32.2. The van der Waals surface area contributed by atoms with E-state index in [4.69, 9.17) is 9.47 Å². The molecule has 3 rings (SSSR count). The average Bonchev–Trinajstić information content (AvgIpc) is 3.22. The smallest absolute Gasteiger partial charge is 0.250 e. The number of hydrazone groups is 1. The molecular formula is C22H25N5O3S. The summed E-state index contributed by atoms with van der Waals surface area (Å²) < 4.78 is 12.8. The zero-order valence-corrected chi connectivity index (χ0v) is 18.6. The van der Waals surface area contributed by atoms with E-state index in [2.05, 4.69) is 20.7 Å². The van der Waals surface area contributed by atoms with Crippen molar-refractivity contribution in [3.05, 3.63) is 54.1 Å². The molecule has 0 fully saturated rings. The third kappa shape index (κ3) is 5.85. The van der Waals surface area contributed by atoms with Crippen LogP contribution in [0.15, 0.2) is 58.8 Å². The van der Waals surface area contributed by atoms with E-state index in [9.17, 15) is 4.79 Å². The van der Waals surface area contributed by atoms with Gasteiger partial charge < -0.3 is 14.0 Å². The number of carbonyl (C=O) groups excluding carboxylic acids is 1. The lowest BCUT2D eigenvalue weighted by atomic mass is 10.2. The molecular weight excluding hydrogens is 414 g/mol. The van der Waals surface area contributed by atoms with E-state index < -0.39 is 0 Å². The Labute approximate surface area is 185 Å². The number of nitrogens with one attached hydrogen (secondary N) is 1. The number of aromatic nitrogens is 3. The number of amides is 1. The topological polar surface area (TPSA) is 90.6 Å². The Morgan fingerprint density at radius 1 is 1.16 bits per heavy atom. The molecule has 0 spiro atoms. The van der Waals surface area contributed by atoms with Gasteiger partial charge in [0.1, 0.15) is 0 Å². The van der Waals surface area contributed by atoms with Crippen molar-refractivity contribution in [1.29, 1.82) is 0 Å². The molecule has 0 bridgehead atoms. The van der Waals surface area contributed by atoms with Gasteiger partial charge in [0.25, 0.3) is 5.91 Å². The first-order valence-corrected chi connectivity index (χ1v) is 10.9. The zero-order valence-electron chi connectivity index (χ0n) is 17.7. The van der Waals surface area contributed by atoms with Crippen LogP contribution in [0.3, 0.4) is 0 Å². The lowest BCUT2D eigenvalue weighted by Crippen LogP contribution is -2.20. The number of hydrogen-bond acceptors (Lipinski definition) is 7. The van der Waals surface area contributed by atoms with Crippen LogP contribution in [0.5, 0.6) is 11.5 Å². The van der Waals surface area contributed by atoms with Crippen LogP contribution in [0, 0.1) is 0 Å². The molecule has 1 aromatic heterocycles. The highest BCUT2D eigenvalue weighted by Crippen LogP contribution is 2.27. The van der Waals surface area contributed by atoms with Crippen molar-refractivity contribution in [3.8, 4) is 22.9 Å². The Bertz CT molecular complexity index is 1040. The zero-order chi connectivity index (χ0) is 22.1. The quantitative estimate of drug-likeness (QED) is 0.295. The number of methoxy groups -OCH3 is 1. The summed E-state index contributed by atoms with van der Waals surface area (Å²) in [5.74, 6) is 2.01. The number of thioether (sulfide) groups is 1. The Kier molecular flexibility index (Phi) is 8.05. The molecule has 8 nitrogen and oxygen atoms in total. The summed E-state index contributed by atoms with van der Waals surface area (Å²) >= 11 is 1.32. The second-order valence-electron chi connectivity index (χ2n) is 6.34. The van der Waals surface area contributed by atoms with Gasteiger partial charge in [-0.25, -0.2) is 5.43 Å². The van der Waals surface area contributed by atoms with Gasteiger partial charge >= 0.3 is 0 Å². The molecule has 0 saturated carbocycles. The van der Waals surface area contributed by atoms with Crippen LogP contribution in [-0.2, 0) is 11.3 Å². The van der Waals surface area contributed by atoms with Crippen LogP contribution >= 0.6 is 11.8 Å². The van der Waals surface area contributed by atoms with E-state index in [0.29, 0.717) is 29.8 Å². The first-order chi connectivity index (χ1) is 15.2. The average molecular weight is 440 g/mol. The summed E-state index contributed by atoms with van der Waals surface area (Å²) in [4.78, 5) is 12.2. The van der Waals surface area contributed by atoms with Gasteiger partial charge in [-0.05, 0) is 37.6 Å². The summed E-state index contributed by atoms with van der Waals surface area (Å²) in [5, 5.41) is 13.2. The summed E-state index contributed by atoms with van der Waals surface area (Å²) in [6, 6.07) is 15.3. The first kappa shape index (κ1) is 22.4. The maximum absolute atomic E-state index is 12.2. The van der Waals surface area contributed by atoms with Crippen molar-refractivity contribution in [2.45, 2.75) is 25.5 Å². The number of ether oxygens (including phenoxy) is 2. The van der Waals surface area contributed by atoms with Crippen molar-refractivity contribution < 1.29 is 14.3 Å². The molecule has 0 radical (unpaired) electrons. The summed E-state index contributed by atoms with van der Waals surface area (Å²) in [6.07, 6.45) is 1.56. The van der Waals surface area contributed by atoms with E-state index in [1.54, 1.807) is 19.4 Å². The Hall–Kier alpha value is -3.33. The first-order valence-electron chi connectivity index (χ1n) is 9.90. The number of carbonyl (C=O) groups is 1. The second kappa shape index (κ2) is 11.2. The molecule has 1 N–H and O–H groups in total. The monoisotopic (exact) mass is 439 g/mol. The third-order valence-electron chi connectivity index (χ3n) is 4.29. The van der Waals surface area contributed by atoms with E-state index in [1.807, 2.05) is 60.9 Å². The van der Waals surface area contributed by atoms with Gasteiger partial charge in [-0.15, -0.1) is 10.2 Å². The van der Waals surface area contributed by atoms with Crippen LogP contribution in [0.4, 0.5) is 0 Å². The molecule has 0 aliphatic heterocycles. The third-order valence-corrected chi connectivity index (χ3v) is 5.25. The lowest BCUT2D eigenvalue weighted by molar-refractivity contribution is -0.118. The fourth-order valence-electron chi connectivity index (χ4n) is 2.86. The van der Waals surface area contributed by atoms with E-state index in [0.717, 1.165) is 17.0 Å². The summed E-state index contributed by atoms with van der Waals surface area (Å²) in [7, 11) is 1.58. The van der Waals surface area contributed by atoms with Crippen LogP contribution in [0.1, 0.15) is 19.4 Å². The van der Waals surface area contributed by atoms with Gasteiger partial charge in [-0.2, -0.15) is 5.10 Å². The maximum Gasteiger partial charge on any atom is 0.250 e. The predicted octanol–water partition coefficient (Wildman–Crippen LogP) is 3.61. The van der Waals surface area contributed by atoms with Crippen molar-refractivity contribution in [1.82, 2.24) is 20.2 Å². The Morgan fingerprint density at radius 3 is 2.68 bits per heavy atom. The molecule has 3 aromatic rings. The predicted molar refractivity (Wildman–Crippen MR) is 122 cm³/mol. The van der Waals surface area contributed by atoms with Crippen LogP contribution in [-0.4, -0.2) is 46.4 Å². The molecule has 0 aliphatic carbocycles. The molecule has 2 aromatic carbocycles. The highest BCUT2D eigenvalue weighted by Gasteiger charge is 2.14. The van der Waals surface area contributed by atoms with Gasteiger partial charge in [0, 0.05) is 12.1 Å². The lowest BCUT2D eigenvalue weighted by Gasteiger charge is -2.09. The van der Waals surface area contributed by atoms with E-state index >= 15 is 0 Å². The molecule has 162 valence electrons. The molecule has 0 saturated heterocycles.